The molecule has 2 bridgehead atoms. The summed E-state index contributed by atoms with van der Waals surface area (Å²) >= 11 is 0. The fourth-order valence-electron chi connectivity index (χ4n) is 5.49. The van der Waals surface area contributed by atoms with Gasteiger partial charge in [-0.1, -0.05) is 19.1 Å². The van der Waals surface area contributed by atoms with E-state index in [-0.39, 0.29) is 12.0 Å². The minimum atomic E-state index is -1.47. The number of carbonyl (C=O) groups excluding carboxylic acids is 1. The third-order valence-electron chi connectivity index (χ3n) is 6.72. The van der Waals surface area contributed by atoms with Crippen LogP contribution >= 0.6 is 0 Å². The molecule has 1 spiro atoms. The standard InChI is InChI=1S/C15H18O6/c1-5(2)6-7-12(17)20-8(6)9(16)13(3)14(4-19-14)10-11(21-10)15(7,13)18/h6-11,16,18H,1,4H2,2-3H3/t6-,7-,8+,9+,10+,11-,13-,14?,15-/m0/s1. The molecule has 0 aromatic carbocycles. The van der Waals surface area contributed by atoms with Crippen LogP contribution in [0, 0.1) is 17.3 Å². The van der Waals surface area contributed by atoms with Crippen LogP contribution in [0.1, 0.15) is 13.8 Å². The van der Waals surface area contributed by atoms with Gasteiger partial charge in [0.25, 0.3) is 0 Å². The van der Waals surface area contributed by atoms with Crippen LogP contribution in [0.25, 0.3) is 0 Å². The van der Waals surface area contributed by atoms with Gasteiger partial charge in [0, 0.05) is 5.92 Å². The maximum absolute atomic E-state index is 12.4. The van der Waals surface area contributed by atoms with Gasteiger partial charge in [-0.2, -0.15) is 0 Å². The second-order valence-electron chi connectivity index (χ2n) is 7.38. The topological polar surface area (TPSA) is 91.8 Å². The van der Waals surface area contributed by atoms with Crippen molar-refractivity contribution in [1.82, 2.24) is 0 Å². The summed E-state index contributed by atoms with van der Waals surface area (Å²) in [5.74, 6) is -1.60. The highest BCUT2D eigenvalue weighted by atomic mass is 16.7. The smallest absolute Gasteiger partial charge is 0.313 e. The number of ether oxygens (including phenoxy) is 3. The Morgan fingerprint density at radius 1 is 1.43 bits per heavy atom. The van der Waals surface area contributed by atoms with E-state index in [1.54, 1.807) is 13.8 Å². The second-order valence-corrected chi connectivity index (χ2v) is 7.38. The summed E-state index contributed by atoms with van der Waals surface area (Å²) in [4.78, 5) is 12.4. The molecule has 21 heavy (non-hydrogen) atoms. The van der Waals surface area contributed by atoms with E-state index in [1.807, 2.05) is 0 Å². The Kier molecular flexibility index (Phi) is 1.83. The molecule has 5 aliphatic rings. The number of rotatable bonds is 1. The first-order valence-electron chi connectivity index (χ1n) is 7.36. The normalized spacial score (nSPS) is 65.8. The van der Waals surface area contributed by atoms with Gasteiger partial charge in [-0.3, -0.25) is 4.79 Å². The molecule has 2 N–H and O–H groups in total. The molecular formula is C15H18O6. The van der Waals surface area contributed by atoms with Gasteiger partial charge >= 0.3 is 5.97 Å². The predicted octanol–water partition coefficient (Wildman–Crippen LogP) is -0.618. The molecule has 0 amide bonds. The number of fused-ring (bicyclic) bond motifs is 8. The molecule has 6 nitrogen and oxygen atoms in total. The van der Waals surface area contributed by atoms with Crippen molar-refractivity contribution in [2.24, 2.45) is 17.3 Å². The van der Waals surface area contributed by atoms with E-state index in [9.17, 15) is 15.0 Å². The Morgan fingerprint density at radius 2 is 2.10 bits per heavy atom. The zero-order chi connectivity index (χ0) is 14.9. The average Bonchev–Trinajstić information content (AvgIpc) is 3.27. The molecule has 2 aliphatic carbocycles. The second kappa shape index (κ2) is 3.06. The predicted molar refractivity (Wildman–Crippen MR) is 68.1 cm³/mol. The summed E-state index contributed by atoms with van der Waals surface area (Å²) in [6.45, 7) is 7.96. The molecule has 3 saturated heterocycles. The van der Waals surface area contributed by atoms with Crippen molar-refractivity contribution in [3.63, 3.8) is 0 Å². The highest BCUT2D eigenvalue weighted by Crippen LogP contribution is 2.75. The lowest BCUT2D eigenvalue weighted by Crippen LogP contribution is -2.70. The Morgan fingerprint density at radius 3 is 2.67 bits per heavy atom. The number of aliphatic hydroxyl groups is 2. The molecule has 6 heteroatoms. The summed E-state index contributed by atoms with van der Waals surface area (Å²) in [6, 6.07) is 0. The maximum Gasteiger partial charge on any atom is 0.313 e. The van der Waals surface area contributed by atoms with E-state index in [4.69, 9.17) is 14.2 Å². The van der Waals surface area contributed by atoms with Crippen LogP contribution in [0.15, 0.2) is 12.2 Å². The quantitative estimate of drug-likeness (QED) is 0.380. The average molecular weight is 294 g/mol. The molecule has 3 aliphatic heterocycles. The van der Waals surface area contributed by atoms with Crippen LogP contribution in [0.5, 0.6) is 0 Å². The Labute approximate surface area is 121 Å². The minimum Gasteiger partial charge on any atom is -0.459 e. The number of aliphatic hydroxyl groups excluding tert-OH is 1. The van der Waals surface area contributed by atoms with Crippen molar-refractivity contribution < 1.29 is 29.2 Å². The van der Waals surface area contributed by atoms with E-state index in [1.165, 1.54) is 0 Å². The fraction of sp³-hybridized carbons (Fsp3) is 0.800. The lowest BCUT2D eigenvalue weighted by molar-refractivity contribution is -0.232. The van der Waals surface area contributed by atoms with Crippen molar-refractivity contribution in [2.45, 2.75) is 49.5 Å². The van der Waals surface area contributed by atoms with Gasteiger partial charge in [0.05, 0.1) is 17.9 Å². The lowest BCUT2D eigenvalue weighted by atomic mass is 9.52. The van der Waals surface area contributed by atoms with Gasteiger partial charge < -0.3 is 24.4 Å². The zero-order valence-electron chi connectivity index (χ0n) is 11.9. The van der Waals surface area contributed by atoms with Crippen LogP contribution in [0.3, 0.4) is 0 Å². The van der Waals surface area contributed by atoms with E-state index in [2.05, 4.69) is 6.58 Å². The van der Waals surface area contributed by atoms with Crippen molar-refractivity contribution >= 4 is 5.97 Å². The maximum atomic E-state index is 12.4. The Bertz CT molecular complexity index is 597. The van der Waals surface area contributed by atoms with Crippen LogP contribution in [0.2, 0.25) is 0 Å². The van der Waals surface area contributed by atoms with Crippen molar-refractivity contribution in [3.05, 3.63) is 12.2 Å². The van der Waals surface area contributed by atoms with Crippen LogP contribution < -0.4 is 0 Å². The van der Waals surface area contributed by atoms with Crippen molar-refractivity contribution in [1.29, 1.82) is 0 Å². The van der Waals surface area contributed by atoms with E-state index >= 15 is 0 Å². The van der Waals surface area contributed by atoms with Crippen LogP contribution in [-0.4, -0.2) is 58.4 Å². The van der Waals surface area contributed by atoms with Gasteiger partial charge in [0.2, 0.25) is 0 Å². The molecule has 9 atom stereocenters. The molecule has 1 unspecified atom stereocenters. The van der Waals surface area contributed by atoms with Gasteiger partial charge in [-0.05, 0) is 6.92 Å². The van der Waals surface area contributed by atoms with Gasteiger partial charge in [-0.15, -0.1) is 0 Å². The zero-order valence-corrected chi connectivity index (χ0v) is 11.9. The Balaban J connectivity index is 1.76. The summed E-state index contributed by atoms with van der Waals surface area (Å²) in [5.41, 5.74) is -2.38. The first-order valence-corrected chi connectivity index (χ1v) is 7.36. The number of carbonyl (C=O) groups is 1. The van der Waals surface area contributed by atoms with Crippen molar-refractivity contribution in [3.8, 4) is 0 Å². The van der Waals surface area contributed by atoms with Crippen LogP contribution in [0.4, 0.5) is 0 Å². The van der Waals surface area contributed by atoms with Gasteiger partial charge in [-0.25, -0.2) is 0 Å². The largest absolute Gasteiger partial charge is 0.459 e. The lowest BCUT2D eigenvalue weighted by Gasteiger charge is -2.54. The Hall–Kier alpha value is -0.950. The highest BCUT2D eigenvalue weighted by Gasteiger charge is 2.94. The van der Waals surface area contributed by atoms with E-state index in [0.717, 1.165) is 5.57 Å². The van der Waals surface area contributed by atoms with E-state index in [0.29, 0.717) is 6.61 Å². The molecule has 114 valence electrons. The number of epoxide rings is 2. The third-order valence-corrected chi connectivity index (χ3v) is 6.72. The SMILES string of the molecule is C=C(C)[C@@H]1[C@H]2OC(=O)[C@H]1[C@]1(O)[C@H]3O[C@H]3C3(CO3)[C@]1(C)[C@@H]2O. The molecule has 0 aromatic rings. The highest BCUT2D eigenvalue weighted by molar-refractivity contribution is 5.80. The number of esters is 1. The van der Waals surface area contributed by atoms with Crippen LogP contribution in [-0.2, 0) is 19.0 Å². The number of hydrogen-bond acceptors (Lipinski definition) is 6. The minimum absolute atomic E-state index is 0.236. The van der Waals surface area contributed by atoms with E-state index < -0.39 is 46.8 Å². The first-order chi connectivity index (χ1) is 9.80. The van der Waals surface area contributed by atoms with Crippen molar-refractivity contribution in [2.75, 3.05) is 6.61 Å². The van der Waals surface area contributed by atoms with Gasteiger partial charge in [0.1, 0.15) is 35.6 Å². The number of hydrogen-bond donors (Lipinski definition) is 2. The molecule has 0 radical (unpaired) electrons. The molecule has 5 fully saturated rings. The molecular weight excluding hydrogens is 276 g/mol. The molecule has 3 heterocycles. The first kappa shape index (κ1) is 12.6. The molecule has 5 rings (SSSR count). The molecule has 0 aromatic heterocycles. The monoisotopic (exact) mass is 294 g/mol. The van der Waals surface area contributed by atoms with Gasteiger partial charge in [0.15, 0.2) is 0 Å². The summed E-state index contributed by atoms with van der Waals surface area (Å²) in [5, 5.41) is 22.4. The summed E-state index contributed by atoms with van der Waals surface area (Å²) in [7, 11) is 0. The fourth-order valence-corrected chi connectivity index (χ4v) is 5.49. The summed E-state index contributed by atoms with van der Waals surface area (Å²) in [6.07, 6.45) is -2.37. The molecule has 2 saturated carbocycles. The third kappa shape index (κ3) is 0.958. The summed E-state index contributed by atoms with van der Waals surface area (Å²) < 4.78 is 16.7.